The van der Waals surface area contributed by atoms with E-state index in [0.29, 0.717) is 24.4 Å². The molecule has 8 heteroatoms. The summed E-state index contributed by atoms with van der Waals surface area (Å²) in [4.78, 5) is 8.15. The number of unbranched alkanes of at least 4 members (excludes halogenated alkanes) is 1. The molecule has 0 aliphatic rings. The molecule has 19 heavy (non-hydrogen) atoms. The van der Waals surface area contributed by atoms with E-state index < -0.39 is 12.6 Å². The van der Waals surface area contributed by atoms with Gasteiger partial charge in [0.15, 0.2) is 5.65 Å². The summed E-state index contributed by atoms with van der Waals surface area (Å²) in [6.45, 7) is 0.442. The van der Waals surface area contributed by atoms with E-state index in [1.54, 1.807) is 17.9 Å². The van der Waals surface area contributed by atoms with Gasteiger partial charge in [0.1, 0.15) is 12.1 Å². The number of rotatable bonds is 5. The minimum absolute atomic E-state index is 0.109. The Labute approximate surface area is 107 Å². The molecule has 5 nitrogen and oxygen atoms in total. The molecule has 0 amide bonds. The Bertz CT molecular complexity index is 549. The van der Waals surface area contributed by atoms with Gasteiger partial charge in [-0.05, 0) is 12.8 Å². The molecular formula is C11H14F3N5. The zero-order valence-electron chi connectivity index (χ0n) is 10.4. The van der Waals surface area contributed by atoms with Crippen molar-refractivity contribution in [2.45, 2.75) is 25.4 Å². The van der Waals surface area contributed by atoms with Crippen molar-refractivity contribution in [3.05, 3.63) is 12.5 Å². The van der Waals surface area contributed by atoms with Crippen molar-refractivity contribution in [1.82, 2.24) is 19.7 Å². The molecule has 104 valence electrons. The predicted molar refractivity (Wildman–Crippen MR) is 64.7 cm³/mol. The maximum atomic E-state index is 12.0. The first-order chi connectivity index (χ1) is 8.97. The lowest BCUT2D eigenvalue weighted by Gasteiger charge is -2.07. The number of aryl methyl sites for hydroxylation is 1. The van der Waals surface area contributed by atoms with Gasteiger partial charge in [0.25, 0.3) is 0 Å². The Kier molecular flexibility index (Phi) is 3.87. The van der Waals surface area contributed by atoms with Gasteiger partial charge in [-0.15, -0.1) is 0 Å². The summed E-state index contributed by atoms with van der Waals surface area (Å²) >= 11 is 0. The third-order valence-corrected chi connectivity index (χ3v) is 2.71. The molecule has 0 saturated carbocycles. The van der Waals surface area contributed by atoms with Crippen molar-refractivity contribution >= 4 is 16.9 Å². The number of nitrogens with zero attached hydrogens (tertiary/aromatic N) is 4. The average Bonchev–Trinajstić information content (AvgIpc) is 2.70. The van der Waals surface area contributed by atoms with Gasteiger partial charge >= 0.3 is 6.18 Å². The van der Waals surface area contributed by atoms with E-state index in [-0.39, 0.29) is 6.42 Å². The average molecular weight is 273 g/mol. The summed E-state index contributed by atoms with van der Waals surface area (Å²) in [5.41, 5.74) is 0.688. The van der Waals surface area contributed by atoms with Gasteiger partial charge in [-0.3, -0.25) is 4.68 Å². The number of halogens is 3. The SMILES string of the molecule is Cn1ncc2c(NCCCCC(F)(F)F)ncnc21. The van der Waals surface area contributed by atoms with Crippen molar-refractivity contribution < 1.29 is 13.2 Å². The normalized spacial score (nSPS) is 12.0. The molecule has 0 aromatic carbocycles. The van der Waals surface area contributed by atoms with E-state index in [1.807, 2.05) is 0 Å². The third-order valence-electron chi connectivity index (χ3n) is 2.71. The molecule has 0 spiro atoms. The molecule has 0 aliphatic carbocycles. The fourth-order valence-corrected chi connectivity index (χ4v) is 1.76. The number of alkyl halides is 3. The van der Waals surface area contributed by atoms with Crippen LogP contribution in [0.1, 0.15) is 19.3 Å². The van der Waals surface area contributed by atoms with Gasteiger partial charge in [0.05, 0.1) is 11.6 Å². The molecule has 2 rings (SSSR count). The summed E-state index contributed by atoms with van der Waals surface area (Å²) in [6.07, 6.45) is -1.25. The second-order valence-corrected chi connectivity index (χ2v) is 4.23. The molecule has 1 N–H and O–H groups in total. The largest absolute Gasteiger partial charge is 0.389 e. The van der Waals surface area contributed by atoms with Crippen LogP contribution in [-0.4, -0.2) is 32.5 Å². The van der Waals surface area contributed by atoms with Gasteiger partial charge in [0.2, 0.25) is 0 Å². The van der Waals surface area contributed by atoms with Crippen LogP contribution in [0.4, 0.5) is 19.0 Å². The molecule has 0 aliphatic heterocycles. The highest BCUT2D eigenvalue weighted by molar-refractivity contribution is 5.85. The van der Waals surface area contributed by atoms with Crippen LogP contribution in [0, 0.1) is 0 Å². The van der Waals surface area contributed by atoms with E-state index in [1.165, 1.54) is 6.33 Å². The molecule has 0 unspecified atom stereocenters. The van der Waals surface area contributed by atoms with Crippen LogP contribution >= 0.6 is 0 Å². The lowest BCUT2D eigenvalue weighted by Crippen LogP contribution is -2.09. The first-order valence-corrected chi connectivity index (χ1v) is 5.91. The molecular weight excluding hydrogens is 259 g/mol. The summed E-state index contributed by atoms with van der Waals surface area (Å²) in [6, 6.07) is 0. The number of hydrogen-bond donors (Lipinski definition) is 1. The maximum Gasteiger partial charge on any atom is 0.389 e. The van der Waals surface area contributed by atoms with Crippen LogP contribution in [0.3, 0.4) is 0 Å². The molecule has 0 radical (unpaired) electrons. The number of nitrogens with one attached hydrogen (secondary N) is 1. The molecule has 2 aromatic rings. The highest BCUT2D eigenvalue weighted by Crippen LogP contribution is 2.22. The lowest BCUT2D eigenvalue weighted by atomic mass is 10.2. The standard InChI is InChI=1S/C11H14F3N5/c1-19-10-8(6-18-19)9(16-7-17-10)15-5-3-2-4-11(12,13)14/h6-7H,2-5H2,1H3,(H,15,16,17). The number of hydrogen-bond acceptors (Lipinski definition) is 4. The zero-order valence-corrected chi connectivity index (χ0v) is 10.4. The van der Waals surface area contributed by atoms with Crippen LogP contribution in [0.5, 0.6) is 0 Å². The zero-order chi connectivity index (χ0) is 13.9. The van der Waals surface area contributed by atoms with Crippen molar-refractivity contribution in [3.8, 4) is 0 Å². The van der Waals surface area contributed by atoms with Gasteiger partial charge in [0, 0.05) is 20.0 Å². The van der Waals surface area contributed by atoms with E-state index >= 15 is 0 Å². The monoisotopic (exact) mass is 273 g/mol. The van der Waals surface area contributed by atoms with Crippen molar-refractivity contribution in [2.75, 3.05) is 11.9 Å². The Morgan fingerprint density at radius 2 is 2.05 bits per heavy atom. The van der Waals surface area contributed by atoms with Gasteiger partial charge in [-0.2, -0.15) is 18.3 Å². The summed E-state index contributed by atoms with van der Waals surface area (Å²) in [5, 5.41) is 7.84. The maximum absolute atomic E-state index is 12.0. The second kappa shape index (κ2) is 5.41. The molecule has 2 aromatic heterocycles. The van der Waals surface area contributed by atoms with Gasteiger partial charge < -0.3 is 5.32 Å². The highest BCUT2D eigenvalue weighted by atomic mass is 19.4. The Morgan fingerprint density at radius 1 is 1.26 bits per heavy atom. The number of anilines is 1. The smallest absolute Gasteiger partial charge is 0.369 e. The Balaban J connectivity index is 1.88. The third kappa shape index (κ3) is 3.55. The predicted octanol–water partition coefficient (Wildman–Crippen LogP) is 2.51. The lowest BCUT2D eigenvalue weighted by molar-refractivity contribution is -0.135. The first-order valence-electron chi connectivity index (χ1n) is 5.91. The van der Waals surface area contributed by atoms with Crippen LogP contribution in [0.15, 0.2) is 12.5 Å². The Hall–Kier alpha value is -1.86. The molecule has 0 atom stereocenters. The van der Waals surface area contributed by atoms with Crippen molar-refractivity contribution in [3.63, 3.8) is 0 Å². The molecule has 2 heterocycles. The van der Waals surface area contributed by atoms with Crippen LogP contribution in [0.25, 0.3) is 11.0 Å². The fourth-order valence-electron chi connectivity index (χ4n) is 1.76. The van der Waals surface area contributed by atoms with Crippen LogP contribution < -0.4 is 5.32 Å². The summed E-state index contributed by atoms with van der Waals surface area (Å²) < 4.78 is 37.5. The summed E-state index contributed by atoms with van der Waals surface area (Å²) in [5.74, 6) is 0.602. The summed E-state index contributed by atoms with van der Waals surface area (Å²) in [7, 11) is 1.77. The van der Waals surface area contributed by atoms with Crippen LogP contribution in [-0.2, 0) is 7.05 Å². The highest BCUT2D eigenvalue weighted by Gasteiger charge is 2.25. The molecule has 0 fully saturated rings. The van der Waals surface area contributed by atoms with E-state index in [0.717, 1.165) is 5.39 Å². The van der Waals surface area contributed by atoms with Crippen molar-refractivity contribution in [1.29, 1.82) is 0 Å². The fraction of sp³-hybridized carbons (Fsp3) is 0.545. The van der Waals surface area contributed by atoms with E-state index in [9.17, 15) is 13.2 Å². The Morgan fingerprint density at radius 3 is 2.79 bits per heavy atom. The van der Waals surface area contributed by atoms with E-state index in [2.05, 4.69) is 20.4 Å². The van der Waals surface area contributed by atoms with E-state index in [4.69, 9.17) is 0 Å². The molecule has 0 bridgehead atoms. The van der Waals surface area contributed by atoms with Gasteiger partial charge in [-0.1, -0.05) is 0 Å². The number of fused-ring (bicyclic) bond motifs is 1. The quantitative estimate of drug-likeness (QED) is 0.850. The number of aromatic nitrogens is 4. The van der Waals surface area contributed by atoms with Crippen LogP contribution in [0.2, 0.25) is 0 Å². The van der Waals surface area contributed by atoms with Crippen molar-refractivity contribution in [2.24, 2.45) is 7.05 Å². The minimum Gasteiger partial charge on any atom is -0.369 e. The topological polar surface area (TPSA) is 55.6 Å². The molecule has 0 saturated heterocycles. The second-order valence-electron chi connectivity index (χ2n) is 4.23. The van der Waals surface area contributed by atoms with Gasteiger partial charge in [-0.25, -0.2) is 9.97 Å². The minimum atomic E-state index is -4.08. The first kappa shape index (κ1) is 13.6.